The van der Waals surface area contributed by atoms with E-state index in [-0.39, 0.29) is 23.8 Å². The molecule has 9 nitrogen and oxygen atoms in total. The van der Waals surface area contributed by atoms with Gasteiger partial charge in [0.2, 0.25) is 11.8 Å². The SMILES string of the molecule is CC(C)(C)[C@H](NC(=O)C(F)(F)F)C(=O)N1C[C@H]2[C@@H]([C@H]1C(=O)NC(C#N)c1cnc3c(c1)OCC3)C2(C)C. The van der Waals surface area contributed by atoms with E-state index >= 15 is 0 Å². The van der Waals surface area contributed by atoms with E-state index in [0.717, 1.165) is 5.69 Å². The summed E-state index contributed by atoms with van der Waals surface area (Å²) in [7, 11) is 0. The second-order valence-corrected chi connectivity index (χ2v) is 11.5. The van der Waals surface area contributed by atoms with Gasteiger partial charge in [0.1, 0.15) is 23.9 Å². The molecule has 0 spiro atoms. The van der Waals surface area contributed by atoms with Gasteiger partial charge in [-0.15, -0.1) is 0 Å². The molecule has 5 atom stereocenters. The summed E-state index contributed by atoms with van der Waals surface area (Å²) in [4.78, 5) is 44.4. The van der Waals surface area contributed by atoms with Crippen molar-refractivity contribution in [1.82, 2.24) is 20.5 Å². The Labute approximate surface area is 212 Å². The number of nitrogens with one attached hydrogen (secondary N) is 2. The highest BCUT2D eigenvalue weighted by molar-refractivity contribution is 5.95. The maximum absolute atomic E-state index is 13.6. The second kappa shape index (κ2) is 8.89. The Balaban J connectivity index is 1.58. The number of carbonyl (C=O) groups is 3. The van der Waals surface area contributed by atoms with Gasteiger partial charge in [0.25, 0.3) is 0 Å². The minimum Gasteiger partial charge on any atom is -0.491 e. The van der Waals surface area contributed by atoms with E-state index in [1.807, 2.05) is 25.2 Å². The fourth-order valence-electron chi connectivity index (χ4n) is 5.47. The van der Waals surface area contributed by atoms with Crippen LogP contribution in [0.2, 0.25) is 0 Å². The number of likely N-dealkylation sites (tertiary alicyclic amines) is 1. The highest BCUT2D eigenvalue weighted by atomic mass is 19.4. The number of alkyl halides is 3. The zero-order valence-electron chi connectivity index (χ0n) is 21.3. The fraction of sp³-hybridized carbons (Fsp3) is 0.640. The van der Waals surface area contributed by atoms with Gasteiger partial charge in [-0.2, -0.15) is 18.4 Å². The molecule has 1 saturated heterocycles. The number of ether oxygens (including phenoxy) is 1. The van der Waals surface area contributed by atoms with Gasteiger partial charge in [-0.3, -0.25) is 19.4 Å². The zero-order chi connectivity index (χ0) is 27.5. The zero-order valence-corrected chi connectivity index (χ0v) is 21.3. The van der Waals surface area contributed by atoms with Gasteiger partial charge in [-0.1, -0.05) is 34.6 Å². The maximum Gasteiger partial charge on any atom is 0.471 e. The third kappa shape index (κ3) is 4.83. The molecule has 2 N–H and O–H groups in total. The molecule has 3 aliphatic rings. The predicted octanol–water partition coefficient (Wildman–Crippen LogP) is 2.27. The van der Waals surface area contributed by atoms with Crippen LogP contribution in [0, 0.1) is 34.0 Å². The van der Waals surface area contributed by atoms with Crippen molar-refractivity contribution in [3.63, 3.8) is 0 Å². The molecule has 1 saturated carbocycles. The molecule has 2 aliphatic heterocycles. The number of fused-ring (bicyclic) bond motifs is 2. The normalized spacial score (nSPS) is 25.2. The van der Waals surface area contributed by atoms with Gasteiger partial charge < -0.3 is 20.3 Å². The number of nitrogens with zero attached hydrogens (tertiary/aromatic N) is 3. The lowest BCUT2D eigenvalue weighted by Gasteiger charge is -2.37. The van der Waals surface area contributed by atoms with E-state index in [9.17, 15) is 32.8 Å². The number of carbonyl (C=O) groups excluding carboxylic acids is 3. The lowest BCUT2D eigenvalue weighted by molar-refractivity contribution is -0.176. The first-order chi connectivity index (χ1) is 17.1. The van der Waals surface area contributed by atoms with Crippen LogP contribution in [0.15, 0.2) is 12.3 Å². The molecule has 37 heavy (non-hydrogen) atoms. The standard InChI is InChI=1S/C25H30F3N5O4/c1-23(2,3)19(32-22(36)25(26,27)28)21(35)33-11-13-17(24(13,4)5)18(33)20(34)31-15(9-29)12-8-16-14(30-10-12)6-7-37-16/h8,10,13,15,17-19H,6-7,11H2,1-5H3,(H,31,34)(H,32,36)/t13-,15?,17-,18-,19+/m0/s1. The first-order valence-corrected chi connectivity index (χ1v) is 12.1. The van der Waals surface area contributed by atoms with Crippen molar-refractivity contribution in [2.75, 3.05) is 13.2 Å². The van der Waals surface area contributed by atoms with E-state index in [4.69, 9.17) is 4.74 Å². The van der Waals surface area contributed by atoms with Gasteiger partial charge in [0.15, 0.2) is 0 Å². The molecule has 1 aromatic rings. The van der Waals surface area contributed by atoms with Crippen LogP contribution in [-0.4, -0.2) is 59.0 Å². The molecular formula is C25H30F3N5O4. The van der Waals surface area contributed by atoms with Crippen LogP contribution in [0.3, 0.4) is 0 Å². The van der Waals surface area contributed by atoms with Crippen LogP contribution < -0.4 is 15.4 Å². The molecule has 0 radical (unpaired) electrons. The highest BCUT2D eigenvalue weighted by Crippen LogP contribution is 2.65. The summed E-state index contributed by atoms with van der Waals surface area (Å²) in [5, 5.41) is 14.3. The molecule has 3 amide bonds. The van der Waals surface area contributed by atoms with Crippen molar-refractivity contribution in [3.05, 3.63) is 23.5 Å². The monoisotopic (exact) mass is 521 g/mol. The van der Waals surface area contributed by atoms with Crippen molar-refractivity contribution >= 4 is 17.7 Å². The first kappa shape index (κ1) is 26.7. The summed E-state index contributed by atoms with van der Waals surface area (Å²) < 4.78 is 44.5. The molecule has 3 heterocycles. The largest absolute Gasteiger partial charge is 0.491 e. The van der Waals surface area contributed by atoms with Crippen LogP contribution in [-0.2, 0) is 20.8 Å². The molecule has 0 bridgehead atoms. The Morgan fingerprint density at radius 1 is 1.24 bits per heavy atom. The van der Waals surface area contributed by atoms with Gasteiger partial charge >= 0.3 is 12.1 Å². The molecule has 0 aromatic carbocycles. The van der Waals surface area contributed by atoms with E-state index in [2.05, 4.69) is 10.3 Å². The van der Waals surface area contributed by atoms with Crippen LogP contribution in [0.25, 0.3) is 0 Å². The summed E-state index contributed by atoms with van der Waals surface area (Å²) in [6, 6.07) is 0.0899. The lowest BCUT2D eigenvalue weighted by atomic mass is 9.85. The van der Waals surface area contributed by atoms with Crippen LogP contribution in [0.4, 0.5) is 13.2 Å². The van der Waals surface area contributed by atoms with E-state index in [1.165, 1.54) is 31.9 Å². The van der Waals surface area contributed by atoms with E-state index < -0.39 is 47.4 Å². The summed E-state index contributed by atoms with van der Waals surface area (Å²) >= 11 is 0. The van der Waals surface area contributed by atoms with Gasteiger partial charge in [0.05, 0.1) is 18.4 Å². The van der Waals surface area contributed by atoms with Crippen molar-refractivity contribution < 1.29 is 32.3 Å². The first-order valence-electron chi connectivity index (χ1n) is 12.1. The van der Waals surface area contributed by atoms with Gasteiger partial charge in [0, 0.05) is 24.7 Å². The third-order valence-electron chi connectivity index (χ3n) is 7.70. The predicted molar refractivity (Wildman–Crippen MR) is 124 cm³/mol. The van der Waals surface area contributed by atoms with Crippen molar-refractivity contribution in [1.29, 1.82) is 5.26 Å². The summed E-state index contributed by atoms with van der Waals surface area (Å²) in [6.07, 6.45) is -3.02. The maximum atomic E-state index is 13.6. The number of halogens is 3. The average molecular weight is 522 g/mol. The van der Waals surface area contributed by atoms with Gasteiger partial charge in [-0.25, -0.2) is 0 Å². The number of rotatable bonds is 5. The van der Waals surface area contributed by atoms with Crippen molar-refractivity contribution in [2.45, 2.75) is 65.3 Å². The summed E-state index contributed by atoms with van der Waals surface area (Å²) in [6.45, 7) is 9.17. The Kier molecular flexibility index (Phi) is 6.41. The topological polar surface area (TPSA) is 124 Å². The quantitative estimate of drug-likeness (QED) is 0.613. The molecule has 1 aliphatic carbocycles. The highest BCUT2D eigenvalue weighted by Gasteiger charge is 2.70. The number of piperidine rings is 1. The van der Waals surface area contributed by atoms with E-state index in [0.29, 0.717) is 24.3 Å². The molecule has 4 rings (SSSR count). The van der Waals surface area contributed by atoms with Crippen molar-refractivity contribution in [3.8, 4) is 11.8 Å². The Bertz CT molecular complexity index is 1170. The number of hydrogen-bond donors (Lipinski definition) is 2. The van der Waals surface area contributed by atoms with Crippen molar-refractivity contribution in [2.24, 2.45) is 22.7 Å². The molecule has 12 heteroatoms. The van der Waals surface area contributed by atoms with Gasteiger partial charge in [-0.05, 0) is 28.7 Å². The minimum absolute atomic E-state index is 0.0401. The smallest absolute Gasteiger partial charge is 0.471 e. The number of aromatic nitrogens is 1. The van der Waals surface area contributed by atoms with E-state index in [1.54, 1.807) is 6.07 Å². The number of amides is 3. The second-order valence-electron chi connectivity index (χ2n) is 11.5. The molecule has 1 aromatic heterocycles. The average Bonchev–Trinajstić information content (AvgIpc) is 3.21. The molecule has 200 valence electrons. The number of hydrogen-bond acceptors (Lipinski definition) is 6. The minimum atomic E-state index is -5.16. The fourth-order valence-corrected chi connectivity index (χ4v) is 5.47. The third-order valence-corrected chi connectivity index (χ3v) is 7.70. The Morgan fingerprint density at radius 3 is 2.51 bits per heavy atom. The Hall–Kier alpha value is -3.36. The summed E-state index contributed by atoms with van der Waals surface area (Å²) in [5.74, 6) is -3.31. The van der Waals surface area contributed by atoms with Crippen LogP contribution >= 0.6 is 0 Å². The molecule has 1 unspecified atom stereocenters. The lowest BCUT2D eigenvalue weighted by Crippen LogP contribution is -2.60. The number of pyridine rings is 1. The number of nitriles is 1. The molecular weight excluding hydrogens is 491 g/mol. The Morgan fingerprint density at radius 2 is 1.92 bits per heavy atom. The van der Waals surface area contributed by atoms with Crippen LogP contribution in [0.5, 0.6) is 5.75 Å². The molecule has 2 fully saturated rings. The van der Waals surface area contributed by atoms with Crippen LogP contribution in [0.1, 0.15) is 51.9 Å². The summed E-state index contributed by atoms with van der Waals surface area (Å²) in [5.41, 5.74) is -0.150.